The SMILES string of the molecule is CC(C)(C)CCCOCCOCCO. The van der Waals surface area contributed by atoms with Crippen LogP contribution in [0.15, 0.2) is 0 Å². The molecule has 0 aliphatic rings. The third kappa shape index (κ3) is 11.9. The van der Waals surface area contributed by atoms with E-state index in [0.717, 1.165) is 13.0 Å². The fourth-order valence-corrected chi connectivity index (χ4v) is 1.09. The van der Waals surface area contributed by atoms with E-state index in [2.05, 4.69) is 20.8 Å². The van der Waals surface area contributed by atoms with Crippen molar-refractivity contribution in [2.45, 2.75) is 33.6 Å². The molecule has 1 N–H and O–H groups in total. The van der Waals surface area contributed by atoms with Gasteiger partial charge in [0, 0.05) is 6.61 Å². The zero-order chi connectivity index (χ0) is 10.9. The van der Waals surface area contributed by atoms with E-state index >= 15 is 0 Å². The summed E-state index contributed by atoms with van der Waals surface area (Å²) in [5.74, 6) is 0. The first-order valence-electron chi connectivity index (χ1n) is 5.32. The molecule has 86 valence electrons. The lowest BCUT2D eigenvalue weighted by Gasteiger charge is -2.17. The second kappa shape index (κ2) is 8.21. The van der Waals surface area contributed by atoms with Crippen LogP contribution in [-0.2, 0) is 9.47 Å². The van der Waals surface area contributed by atoms with Gasteiger partial charge < -0.3 is 14.6 Å². The van der Waals surface area contributed by atoms with E-state index in [1.165, 1.54) is 6.42 Å². The van der Waals surface area contributed by atoms with Crippen LogP contribution in [-0.4, -0.2) is 38.1 Å². The maximum atomic E-state index is 8.43. The highest BCUT2D eigenvalue weighted by Gasteiger charge is 2.08. The summed E-state index contributed by atoms with van der Waals surface area (Å²) in [5.41, 5.74) is 0.400. The van der Waals surface area contributed by atoms with Crippen LogP contribution in [0.4, 0.5) is 0 Å². The minimum atomic E-state index is 0.0873. The molecule has 0 amide bonds. The van der Waals surface area contributed by atoms with E-state index < -0.39 is 0 Å². The van der Waals surface area contributed by atoms with E-state index in [0.29, 0.717) is 25.2 Å². The molecule has 0 rings (SSSR count). The molecule has 0 heterocycles. The van der Waals surface area contributed by atoms with Gasteiger partial charge in [0.2, 0.25) is 0 Å². The molecular formula is C11H24O3. The van der Waals surface area contributed by atoms with Crippen LogP contribution in [0.1, 0.15) is 33.6 Å². The highest BCUT2D eigenvalue weighted by molar-refractivity contribution is 4.60. The molecule has 14 heavy (non-hydrogen) atoms. The molecule has 3 heteroatoms. The Morgan fingerprint density at radius 1 is 0.929 bits per heavy atom. The summed E-state index contributed by atoms with van der Waals surface area (Å²) in [4.78, 5) is 0. The van der Waals surface area contributed by atoms with Crippen LogP contribution >= 0.6 is 0 Å². The van der Waals surface area contributed by atoms with Gasteiger partial charge in [-0.3, -0.25) is 0 Å². The van der Waals surface area contributed by atoms with Gasteiger partial charge in [0.25, 0.3) is 0 Å². The Morgan fingerprint density at radius 2 is 1.50 bits per heavy atom. The van der Waals surface area contributed by atoms with Gasteiger partial charge in [-0.05, 0) is 18.3 Å². The van der Waals surface area contributed by atoms with E-state index in [1.54, 1.807) is 0 Å². The number of ether oxygens (including phenoxy) is 2. The fraction of sp³-hybridized carbons (Fsp3) is 1.00. The molecule has 0 aromatic heterocycles. The Hall–Kier alpha value is -0.120. The van der Waals surface area contributed by atoms with E-state index in [-0.39, 0.29) is 6.61 Å². The molecule has 0 unspecified atom stereocenters. The van der Waals surface area contributed by atoms with Crippen molar-refractivity contribution < 1.29 is 14.6 Å². The van der Waals surface area contributed by atoms with Crippen molar-refractivity contribution in [1.82, 2.24) is 0 Å². The Labute approximate surface area is 87.4 Å². The lowest BCUT2D eigenvalue weighted by Crippen LogP contribution is -2.10. The van der Waals surface area contributed by atoms with Crippen LogP contribution in [0.3, 0.4) is 0 Å². The van der Waals surface area contributed by atoms with Crippen LogP contribution in [0.25, 0.3) is 0 Å². The van der Waals surface area contributed by atoms with E-state index in [1.807, 2.05) is 0 Å². The van der Waals surface area contributed by atoms with Crippen molar-refractivity contribution in [2.24, 2.45) is 5.41 Å². The lowest BCUT2D eigenvalue weighted by atomic mass is 9.91. The average Bonchev–Trinajstić information content (AvgIpc) is 2.08. The number of rotatable bonds is 8. The maximum absolute atomic E-state index is 8.43. The summed E-state index contributed by atoms with van der Waals surface area (Å²) < 4.78 is 10.4. The predicted octanol–water partition coefficient (Wildman–Crippen LogP) is 1.84. The highest BCUT2D eigenvalue weighted by atomic mass is 16.5. The Kier molecular flexibility index (Phi) is 8.14. The molecule has 0 spiro atoms. The van der Waals surface area contributed by atoms with Crippen LogP contribution in [0.5, 0.6) is 0 Å². The summed E-state index contributed by atoms with van der Waals surface area (Å²) in [5, 5.41) is 8.43. The molecule has 0 aliphatic carbocycles. The van der Waals surface area contributed by atoms with Gasteiger partial charge in [0.1, 0.15) is 0 Å². The highest BCUT2D eigenvalue weighted by Crippen LogP contribution is 2.20. The second-order valence-electron chi connectivity index (χ2n) is 4.61. The Morgan fingerprint density at radius 3 is 2.00 bits per heavy atom. The normalized spacial score (nSPS) is 12.0. The molecule has 0 aliphatic heterocycles. The summed E-state index contributed by atoms with van der Waals surface area (Å²) in [7, 11) is 0. The van der Waals surface area contributed by atoms with Gasteiger partial charge in [-0.1, -0.05) is 20.8 Å². The molecule has 3 nitrogen and oxygen atoms in total. The molecular weight excluding hydrogens is 180 g/mol. The summed E-state index contributed by atoms with van der Waals surface area (Å²) in [6, 6.07) is 0. The third-order valence-corrected chi connectivity index (χ3v) is 1.82. The number of aliphatic hydroxyl groups is 1. The summed E-state index contributed by atoms with van der Waals surface area (Å²) in [6.07, 6.45) is 2.29. The molecule has 0 saturated carbocycles. The molecule has 0 atom stereocenters. The Bertz CT molecular complexity index is 118. The molecule has 0 radical (unpaired) electrons. The monoisotopic (exact) mass is 204 g/mol. The fourth-order valence-electron chi connectivity index (χ4n) is 1.09. The predicted molar refractivity (Wildman–Crippen MR) is 57.4 cm³/mol. The summed E-state index contributed by atoms with van der Waals surface area (Å²) in [6.45, 7) is 9.21. The average molecular weight is 204 g/mol. The van der Waals surface area contributed by atoms with Crippen molar-refractivity contribution in [2.75, 3.05) is 33.0 Å². The van der Waals surface area contributed by atoms with E-state index in [4.69, 9.17) is 14.6 Å². The minimum absolute atomic E-state index is 0.0873. The van der Waals surface area contributed by atoms with Gasteiger partial charge >= 0.3 is 0 Å². The van der Waals surface area contributed by atoms with Gasteiger partial charge in [-0.15, -0.1) is 0 Å². The molecule has 0 saturated heterocycles. The van der Waals surface area contributed by atoms with Crippen molar-refractivity contribution in [3.05, 3.63) is 0 Å². The topological polar surface area (TPSA) is 38.7 Å². The first kappa shape index (κ1) is 13.9. The maximum Gasteiger partial charge on any atom is 0.0701 e. The number of aliphatic hydroxyl groups excluding tert-OH is 1. The summed E-state index contributed by atoms with van der Waals surface area (Å²) >= 11 is 0. The van der Waals surface area contributed by atoms with Crippen LogP contribution < -0.4 is 0 Å². The molecule has 0 aromatic rings. The van der Waals surface area contributed by atoms with Gasteiger partial charge in [0.15, 0.2) is 0 Å². The molecule has 0 bridgehead atoms. The smallest absolute Gasteiger partial charge is 0.0701 e. The standard InChI is InChI=1S/C11H24O3/c1-11(2,3)5-4-7-13-9-10-14-8-6-12/h12H,4-10H2,1-3H3. The van der Waals surface area contributed by atoms with Crippen molar-refractivity contribution in [3.8, 4) is 0 Å². The van der Waals surface area contributed by atoms with Gasteiger partial charge in [-0.2, -0.15) is 0 Å². The Balaban J connectivity index is 2.99. The van der Waals surface area contributed by atoms with E-state index in [9.17, 15) is 0 Å². The first-order valence-corrected chi connectivity index (χ1v) is 5.32. The number of hydrogen-bond acceptors (Lipinski definition) is 3. The van der Waals surface area contributed by atoms with Crippen molar-refractivity contribution in [3.63, 3.8) is 0 Å². The van der Waals surface area contributed by atoms with Gasteiger partial charge in [-0.25, -0.2) is 0 Å². The zero-order valence-corrected chi connectivity index (χ0v) is 9.71. The molecule has 0 fully saturated rings. The first-order chi connectivity index (χ1) is 6.56. The lowest BCUT2D eigenvalue weighted by molar-refractivity contribution is 0.0306. The van der Waals surface area contributed by atoms with Crippen molar-refractivity contribution in [1.29, 1.82) is 0 Å². The number of hydrogen-bond donors (Lipinski definition) is 1. The second-order valence-corrected chi connectivity index (χ2v) is 4.61. The van der Waals surface area contributed by atoms with Crippen LogP contribution in [0.2, 0.25) is 0 Å². The van der Waals surface area contributed by atoms with Crippen molar-refractivity contribution >= 4 is 0 Å². The quantitative estimate of drug-likeness (QED) is 0.613. The zero-order valence-electron chi connectivity index (χ0n) is 9.71. The third-order valence-electron chi connectivity index (χ3n) is 1.82. The van der Waals surface area contributed by atoms with Gasteiger partial charge in [0.05, 0.1) is 26.4 Å². The minimum Gasteiger partial charge on any atom is -0.394 e. The molecule has 0 aromatic carbocycles. The van der Waals surface area contributed by atoms with Crippen LogP contribution in [0, 0.1) is 5.41 Å². The largest absolute Gasteiger partial charge is 0.394 e.